The molecule has 0 spiro atoms. The first-order valence-electron chi connectivity index (χ1n) is 13.2. The summed E-state index contributed by atoms with van der Waals surface area (Å²) < 4.78 is 26.1. The molecule has 1 fully saturated rings. The summed E-state index contributed by atoms with van der Waals surface area (Å²) in [5, 5.41) is 6.41. The number of amides is 1. The van der Waals surface area contributed by atoms with Gasteiger partial charge in [0.1, 0.15) is 12.1 Å². The smallest absolute Gasteiger partial charge is 0.222 e. The van der Waals surface area contributed by atoms with Crippen LogP contribution in [0.4, 0.5) is 15.9 Å². The molecule has 7 nitrogen and oxygen atoms in total. The van der Waals surface area contributed by atoms with Crippen LogP contribution in [0.5, 0.6) is 11.5 Å². The van der Waals surface area contributed by atoms with Gasteiger partial charge in [0.25, 0.3) is 0 Å². The Labute approximate surface area is 229 Å². The van der Waals surface area contributed by atoms with Crippen LogP contribution < -0.4 is 20.1 Å². The summed E-state index contributed by atoms with van der Waals surface area (Å²) in [6.45, 7) is 6.34. The quantitative estimate of drug-likeness (QED) is 0.309. The SMILES string of the molecule is CCC(CC)C(=O)NC.COc1cc2ncnc(Nc3cccc(Cl)c3F)c2cc1OC1CCC(C)CC1. The number of hydrogen-bond donors (Lipinski definition) is 2. The first kappa shape index (κ1) is 29.4. The van der Waals surface area contributed by atoms with Gasteiger partial charge in [-0.25, -0.2) is 14.4 Å². The monoisotopic (exact) mass is 544 g/mol. The highest BCUT2D eigenvalue weighted by Crippen LogP contribution is 2.37. The van der Waals surface area contributed by atoms with Gasteiger partial charge in [0, 0.05) is 24.4 Å². The van der Waals surface area contributed by atoms with Gasteiger partial charge in [-0.2, -0.15) is 0 Å². The fraction of sp³-hybridized carbons (Fsp3) is 0.483. The van der Waals surface area contributed by atoms with E-state index >= 15 is 0 Å². The van der Waals surface area contributed by atoms with Crippen molar-refractivity contribution in [3.8, 4) is 11.5 Å². The van der Waals surface area contributed by atoms with Gasteiger partial charge in [-0.3, -0.25) is 4.79 Å². The van der Waals surface area contributed by atoms with Crippen molar-refractivity contribution in [3.05, 3.63) is 47.5 Å². The number of halogens is 2. The van der Waals surface area contributed by atoms with E-state index in [1.807, 2.05) is 26.0 Å². The van der Waals surface area contributed by atoms with E-state index in [1.165, 1.54) is 12.4 Å². The minimum Gasteiger partial charge on any atom is -0.493 e. The van der Waals surface area contributed by atoms with E-state index in [0.29, 0.717) is 28.2 Å². The molecule has 1 heterocycles. The van der Waals surface area contributed by atoms with Crippen molar-refractivity contribution < 1.29 is 18.7 Å². The normalized spacial score (nSPS) is 16.9. The summed E-state index contributed by atoms with van der Waals surface area (Å²) in [7, 11) is 3.29. The molecule has 0 aliphatic heterocycles. The van der Waals surface area contributed by atoms with Crippen molar-refractivity contribution in [1.82, 2.24) is 15.3 Å². The predicted molar refractivity (Wildman–Crippen MR) is 151 cm³/mol. The molecule has 1 amide bonds. The fourth-order valence-corrected chi connectivity index (χ4v) is 4.71. The van der Waals surface area contributed by atoms with Crippen LogP contribution in [0.3, 0.4) is 0 Å². The minimum atomic E-state index is -0.526. The zero-order valence-electron chi connectivity index (χ0n) is 22.8. The lowest BCUT2D eigenvalue weighted by Gasteiger charge is -2.27. The summed E-state index contributed by atoms with van der Waals surface area (Å²) in [5.41, 5.74) is 0.920. The van der Waals surface area contributed by atoms with Gasteiger partial charge in [-0.15, -0.1) is 0 Å². The summed E-state index contributed by atoms with van der Waals surface area (Å²) in [6.07, 6.45) is 7.82. The molecule has 1 aromatic heterocycles. The zero-order valence-corrected chi connectivity index (χ0v) is 23.6. The van der Waals surface area contributed by atoms with Crippen LogP contribution in [-0.4, -0.2) is 36.1 Å². The molecule has 9 heteroatoms. The molecule has 4 rings (SSSR count). The van der Waals surface area contributed by atoms with Gasteiger partial charge in [-0.1, -0.05) is 38.4 Å². The maximum Gasteiger partial charge on any atom is 0.222 e. The van der Waals surface area contributed by atoms with E-state index in [0.717, 1.165) is 44.4 Å². The third kappa shape index (κ3) is 7.47. The lowest BCUT2D eigenvalue weighted by molar-refractivity contribution is -0.124. The number of ether oxygens (including phenoxy) is 2. The number of methoxy groups -OCH3 is 1. The van der Waals surface area contributed by atoms with Gasteiger partial charge in [0.2, 0.25) is 5.91 Å². The first-order valence-corrected chi connectivity index (χ1v) is 13.6. The Morgan fingerprint density at radius 3 is 2.45 bits per heavy atom. The lowest BCUT2D eigenvalue weighted by atomic mass is 9.89. The molecule has 1 aliphatic carbocycles. The van der Waals surface area contributed by atoms with E-state index in [9.17, 15) is 9.18 Å². The summed E-state index contributed by atoms with van der Waals surface area (Å²) >= 11 is 5.90. The molecule has 3 aromatic rings. The Bertz CT molecular complexity index is 1210. The van der Waals surface area contributed by atoms with Gasteiger partial charge >= 0.3 is 0 Å². The van der Waals surface area contributed by atoms with E-state index < -0.39 is 5.82 Å². The Hall–Kier alpha value is -3.13. The topological polar surface area (TPSA) is 85.4 Å². The Morgan fingerprint density at radius 1 is 1.13 bits per heavy atom. The lowest BCUT2D eigenvalue weighted by Crippen LogP contribution is -2.26. The zero-order chi connectivity index (χ0) is 27.7. The number of nitrogens with zero attached hydrogens (tertiary/aromatic N) is 2. The van der Waals surface area contributed by atoms with Crippen molar-refractivity contribution in [2.75, 3.05) is 19.5 Å². The van der Waals surface area contributed by atoms with E-state index in [2.05, 4.69) is 27.5 Å². The molecule has 2 aromatic carbocycles. The van der Waals surface area contributed by atoms with Crippen molar-refractivity contribution in [1.29, 1.82) is 0 Å². The third-order valence-corrected chi connectivity index (χ3v) is 7.28. The van der Waals surface area contributed by atoms with Gasteiger partial charge in [0.05, 0.1) is 29.4 Å². The van der Waals surface area contributed by atoms with E-state index in [1.54, 1.807) is 26.3 Å². The molecule has 206 valence electrons. The maximum absolute atomic E-state index is 14.3. The second-order valence-electron chi connectivity index (χ2n) is 9.60. The molecular formula is C29H38ClFN4O3. The molecule has 0 unspecified atom stereocenters. The summed E-state index contributed by atoms with van der Waals surface area (Å²) in [6, 6.07) is 8.47. The molecule has 0 radical (unpaired) electrons. The Balaban J connectivity index is 0.000000383. The third-order valence-electron chi connectivity index (χ3n) is 6.98. The van der Waals surface area contributed by atoms with E-state index in [4.69, 9.17) is 21.1 Å². The van der Waals surface area contributed by atoms with Crippen LogP contribution in [0, 0.1) is 17.7 Å². The summed E-state index contributed by atoms with van der Waals surface area (Å²) in [4.78, 5) is 19.5. The largest absolute Gasteiger partial charge is 0.493 e. The predicted octanol–water partition coefficient (Wildman–Crippen LogP) is 7.30. The molecule has 1 aliphatic rings. The maximum atomic E-state index is 14.3. The molecule has 2 N–H and O–H groups in total. The average molecular weight is 545 g/mol. The highest BCUT2D eigenvalue weighted by molar-refractivity contribution is 6.31. The highest BCUT2D eigenvalue weighted by Gasteiger charge is 2.22. The van der Waals surface area contributed by atoms with Crippen molar-refractivity contribution in [2.45, 2.75) is 65.4 Å². The number of carbonyl (C=O) groups excluding carboxylic acids is 1. The van der Waals surface area contributed by atoms with Crippen LogP contribution in [0.2, 0.25) is 5.02 Å². The Kier molecular flexibility index (Phi) is 11.0. The number of hydrogen-bond acceptors (Lipinski definition) is 6. The van der Waals surface area contributed by atoms with Crippen LogP contribution in [0.25, 0.3) is 10.9 Å². The number of carbonyl (C=O) groups is 1. The van der Waals surface area contributed by atoms with Gasteiger partial charge < -0.3 is 20.1 Å². The molecule has 0 saturated heterocycles. The van der Waals surface area contributed by atoms with Crippen LogP contribution in [-0.2, 0) is 4.79 Å². The molecule has 1 saturated carbocycles. The van der Waals surface area contributed by atoms with Gasteiger partial charge in [-0.05, 0) is 62.6 Å². The number of benzene rings is 2. The second kappa shape index (κ2) is 14.1. The number of rotatable bonds is 8. The van der Waals surface area contributed by atoms with Crippen LogP contribution in [0.1, 0.15) is 59.3 Å². The number of anilines is 2. The van der Waals surface area contributed by atoms with E-state index in [-0.39, 0.29) is 28.6 Å². The summed E-state index contributed by atoms with van der Waals surface area (Å²) in [5.74, 6) is 2.34. The van der Waals surface area contributed by atoms with Crippen LogP contribution >= 0.6 is 11.6 Å². The highest BCUT2D eigenvalue weighted by atomic mass is 35.5. The molecular weight excluding hydrogens is 507 g/mol. The fourth-order valence-electron chi connectivity index (χ4n) is 4.53. The molecule has 0 atom stereocenters. The van der Waals surface area contributed by atoms with Crippen LogP contribution in [0.15, 0.2) is 36.7 Å². The standard InChI is InChI=1S/C22H23ClFN3O2.C7H15NO/c1-13-6-8-14(9-7-13)29-20-10-15-18(11-19(20)28-2)25-12-26-22(15)27-17-5-3-4-16(23)21(17)24;1-4-6(5-2)7(9)8-3/h3-5,10-14H,6-9H2,1-2H3,(H,25,26,27);6H,4-5H2,1-3H3,(H,8,9). The number of fused-ring (bicyclic) bond motifs is 1. The second-order valence-corrected chi connectivity index (χ2v) is 10.0. The number of aromatic nitrogens is 2. The van der Waals surface area contributed by atoms with Crippen molar-refractivity contribution in [2.24, 2.45) is 11.8 Å². The van der Waals surface area contributed by atoms with Crippen molar-refractivity contribution in [3.63, 3.8) is 0 Å². The minimum absolute atomic E-state index is 0.0468. The first-order chi connectivity index (χ1) is 18.3. The molecule has 38 heavy (non-hydrogen) atoms. The van der Waals surface area contributed by atoms with Crippen molar-refractivity contribution >= 4 is 39.9 Å². The Morgan fingerprint density at radius 2 is 1.84 bits per heavy atom. The molecule has 0 bridgehead atoms. The average Bonchev–Trinajstić information content (AvgIpc) is 2.93. The number of nitrogens with one attached hydrogen (secondary N) is 2. The van der Waals surface area contributed by atoms with Gasteiger partial charge in [0.15, 0.2) is 17.3 Å².